The number of carbonyl (C=O) groups is 1. The van der Waals surface area contributed by atoms with Gasteiger partial charge in [-0.3, -0.25) is 4.79 Å². The van der Waals surface area contributed by atoms with E-state index in [9.17, 15) is 15.0 Å². The number of Topliss-reactive ketones (excluding diaryl/α,β-unsaturated/α-hetero) is 1. The van der Waals surface area contributed by atoms with E-state index in [-0.39, 0.29) is 29.1 Å². The second-order valence-corrected chi connectivity index (χ2v) is 7.36. The van der Waals surface area contributed by atoms with Gasteiger partial charge < -0.3 is 10.2 Å². The molecule has 3 aliphatic carbocycles. The highest BCUT2D eigenvalue weighted by atomic mass is 16.3. The Morgan fingerprint density at radius 3 is 2.39 bits per heavy atom. The third-order valence-corrected chi connectivity index (χ3v) is 7.28. The first-order valence-corrected chi connectivity index (χ1v) is 7.16. The SMILES string of the molecule is C[C@]12CCC[C@@]1(C)[C@]1(O)C(=O)[C@@]2(C)CC[C@@H]1CO. The minimum atomic E-state index is -1.31. The normalized spacial score (nSPS) is 58.9. The van der Waals surface area contributed by atoms with Crippen LogP contribution in [0.2, 0.25) is 0 Å². The first kappa shape index (κ1) is 12.6. The van der Waals surface area contributed by atoms with Crippen molar-refractivity contribution in [3.8, 4) is 0 Å². The number of aliphatic hydroxyl groups is 2. The van der Waals surface area contributed by atoms with Gasteiger partial charge in [-0.05, 0) is 31.1 Å². The first-order valence-electron chi connectivity index (χ1n) is 7.16. The van der Waals surface area contributed by atoms with Gasteiger partial charge in [0.1, 0.15) is 5.60 Å². The van der Waals surface area contributed by atoms with E-state index in [1.807, 2.05) is 6.92 Å². The summed E-state index contributed by atoms with van der Waals surface area (Å²) in [6.45, 7) is 6.24. The van der Waals surface area contributed by atoms with Gasteiger partial charge >= 0.3 is 0 Å². The second-order valence-electron chi connectivity index (χ2n) is 7.36. The Kier molecular flexibility index (Phi) is 2.23. The predicted molar refractivity (Wildman–Crippen MR) is 67.9 cm³/mol. The van der Waals surface area contributed by atoms with Crippen molar-refractivity contribution in [3.63, 3.8) is 0 Å². The first-order chi connectivity index (χ1) is 8.28. The molecule has 3 heteroatoms. The van der Waals surface area contributed by atoms with Crippen molar-refractivity contribution in [2.45, 2.75) is 58.5 Å². The molecule has 5 atom stereocenters. The third-order valence-electron chi connectivity index (χ3n) is 7.28. The van der Waals surface area contributed by atoms with Crippen LogP contribution in [0.15, 0.2) is 0 Å². The summed E-state index contributed by atoms with van der Waals surface area (Å²) in [6, 6.07) is 0. The lowest BCUT2D eigenvalue weighted by Gasteiger charge is -2.45. The van der Waals surface area contributed by atoms with Gasteiger partial charge in [0, 0.05) is 23.4 Å². The molecular weight excluding hydrogens is 228 g/mol. The Balaban J connectivity index is 2.26. The molecule has 0 aromatic carbocycles. The van der Waals surface area contributed by atoms with Crippen molar-refractivity contribution in [2.75, 3.05) is 6.61 Å². The van der Waals surface area contributed by atoms with Crippen LogP contribution in [-0.4, -0.2) is 28.2 Å². The van der Waals surface area contributed by atoms with Gasteiger partial charge in [-0.2, -0.15) is 0 Å². The number of hydrogen-bond acceptors (Lipinski definition) is 3. The molecule has 102 valence electrons. The lowest BCUT2D eigenvalue weighted by atomic mass is 9.59. The van der Waals surface area contributed by atoms with Gasteiger partial charge in [-0.1, -0.05) is 27.2 Å². The predicted octanol–water partition coefficient (Wildman–Crippen LogP) is 1.91. The molecule has 2 bridgehead atoms. The van der Waals surface area contributed by atoms with Gasteiger partial charge in [0.15, 0.2) is 5.78 Å². The van der Waals surface area contributed by atoms with E-state index < -0.39 is 11.0 Å². The van der Waals surface area contributed by atoms with Gasteiger partial charge in [-0.15, -0.1) is 0 Å². The van der Waals surface area contributed by atoms with E-state index in [0.717, 1.165) is 32.1 Å². The number of fused-ring (bicyclic) bond motifs is 5. The molecule has 0 radical (unpaired) electrons. The fourth-order valence-corrected chi connectivity index (χ4v) is 5.69. The lowest BCUT2D eigenvalue weighted by Crippen LogP contribution is -2.57. The third kappa shape index (κ3) is 0.904. The fraction of sp³-hybridized carbons (Fsp3) is 0.933. The molecular formula is C15H24O3. The van der Waals surface area contributed by atoms with Crippen LogP contribution in [0.25, 0.3) is 0 Å². The molecule has 0 heterocycles. The van der Waals surface area contributed by atoms with E-state index in [4.69, 9.17) is 0 Å². The highest BCUT2D eigenvalue weighted by Crippen LogP contribution is 2.76. The molecule has 3 nitrogen and oxygen atoms in total. The number of carbonyl (C=O) groups excluding carboxylic acids is 1. The minimum absolute atomic E-state index is 0.00463. The minimum Gasteiger partial charge on any atom is -0.396 e. The maximum atomic E-state index is 12.9. The molecule has 3 fully saturated rings. The Morgan fingerprint density at radius 2 is 1.78 bits per heavy atom. The monoisotopic (exact) mass is 252 g/mol. The van der Waals surface area contributed by atoms with Crippen molar-refractivity contribution in [2.24, 2.45) is 22.2 Å². The number of rotatable bonds is 1. The van der Waals surface area contributed by atoms with Crippen molar-refractivity contribution in [1.82, 2.24) is 0 Å². The van der Waals surface area contributed by atoms with Crippen LogP contribution in [0.1, 0.15) is 52.9 Å². The standard InChI is InChI=1S/C15H24O3/c1-12-8-5-10(9-16)15(18,11(12)17)14(3)7-4-6-13(12,14)2/h10,16,18H,4-9H2,1-3H3/t10-,12-,13-,14-,15-/m1/s1. The highest BCUT2D eigenvalue weighted by molar-refractivity contribution is 5.98. The van der Waals surface area contributed by atoms with Crippen molar-refractivity contribution in [3.05, 3.63) is 0 Å². The summed E-state index contributed by atoms with van der Waals surface area (Å²) in [6.07, 6.45) is 4.58. The van der Waals surface area contributed by atoms with Gasteiger partial charge in [0.25, 0.3) is 0 Å². The Labute approximate surface area is 109 Å². The highest BCUT2D eigenvalue weighted by Gasteiger charge is 2.80. The Hall–Kier alpha value is -0.410. The quantitative estimate of drug-likeness (QED) is 0.749. The summed E-state index contributed by atoms with van der Waals surface area (Å²) in [5, 5.41) is 20.8. The summed E-state index contributed by atoms with van der Waals surface area (Å²) in [7, 11) is 0. The molecule has 3 aliphatic rings. The van der Waals surface area contributed by atoms with Gasteiger partial charge in [0.2, 0.25) is 0 Å². The van der Waals surface area contributed by atoms with Gasteiger partial charge in [0.05, 0.1) is 0 Å². The molecule has 0 amide bonds. The molecule has 2 N–H and O–H groups in total. The van der Waals surface area contributed by atoms with Gasteiger partial charge in [-0.25, -0.2) is 0 Å². The zero-order chi connectivity index (χ0) is 13.4. The summed E-state index contributed by atoms with van der Waals surface area (Å²) < 4.78 is 0. The van der Waals surface area contributed by atoms with Crippen molar-refractivity contribution >= 4 is 5.78 Å². The van der Waals surface area contributed by atoms with Crippen LogP contribution in [0.4, 0.5) is 0 Å². The zero-order valence-electron chi connectivity index (χ0n) is 11.6. The second kappa shape index (κ2) is 3.18. The van der Waals surface area contributed by atoms with Crippen LogP contribution in [-0.2, 0) is 4.79 Å². The summed E-state index contributed by atoms with van der Waals surface area (Å²) >= 11 is 0. The Morgan fingerprint density at radius 1 is 1.17 bits per heavy atom. The summed E-state index contributed by atoms with van der Waals surface area (Å²) in [5.74, 6) is -0.270. The topological polar surface area (TPSA) is 57.5 Å². The average molecular weight is 252 g/mol. The molecule has 0 saturated heterocycles. The molecule has 0 aromatic rings. The van der Waals surface area contributed by atoms with E-state index in [2.05, 4.69) is 13.8 Å². The fourth-order valence-electron chi connectivity index (χ4n) is 5.69. The van der Waals surface area contributed by atoms with Crippen LogP contribution in [0, 0.1) is 22.2 Å². The average Bonchev–Trinajstić information content (AvgIpc) is 2.67. The number of ketones is 1. The van der Waals surface area contributed by atoms with Crippen LogP contribution >= 0.6 is 0 Å². The molecule has 0 spiro atoms. The van der Waals surface area contributed by atoms with E-state index in [0.29, 0.717) is 0 Å². The Bertz CT molecular complexity index is 420. The van der Waals surface area contributed by atoms with Crippen molar-refractivity contribution < 1.29 is 15.0 Å². The van der Waals surface area contributed by atoms with E-state index in [1.165, 1.54) is 0 Å². The summed E-state index contributed by atoms with van der Waals surface area (Å²) in [5.41, 5.74) is -2.19. The summed E-state index contributed by atoms with van der Waals surface area (Å²) in [4.78, 5) is 12.9. The molecule has 3 rings (SSSR count). The molecule has 0 aliphatic heterocycles. The van der Waals surface area contributed by atoms with Crippen LogP contribution in [0.3, 0.4) is 0 Å². The maximum absolute atomic E-state index is 12.9. The molecule has 18 heavy (non-hydrogen) atoms. The largest absolute Gasteiger partial charge is 0.396 e. The molecule has 0 aromatic heterocycles. The maximum Gasteiger partial charge on any atom is 0.171 e. The van der Waals surface area contributed by atoms with Crippen LogP contribution < -0.4 is 0 Å². The van der Waals surface area contributed by atoms with Crippen molar-refractivity contribution in [1.29, 1.82) is 0 Å². The molecule has 3 saturated carbocycles. The van der Waals surface area contributed by atoms with Crippen LogP contribution in [0.5, 0.6) is 0 Å². The molecule has 0 unspecified atom stereocenters. The number of aliphatic hydroxyl groups excluding tert-OH is 1. The van der Waals surface area contributed by atoms with E-state index in [1.54, 1.807) is 0 Å². The van der Waals surface area contributed by atoms with E-state index >= 15 is 0 Å². The smallest absolute Gasteiger partial charge is 0.171 e. The number of hydrogen-bond donors (Lipinski definition) is 2. The zero-order valence-corrected chi connectivity index (χ0v) is 11.6. The lowest BCUT2D eigenvalue weighted by molar-refractivity contribution is -0.166.